The molecule has 5 aliphatic heterocycles. The van der Waals surface area contributed by atoms with Crippen LogP contribution in [0.1, 0.15) is 89.9 Å². The van der Waals surface area contributed by atoms with Crippen molar-refractivity contribution in [3.05, 3.63) is 53.8 Å². The Morgan fingerprint density at radius 2 is 1.31 bits per heavy atom. The van der Waals surface area contributed by atoms with E-state index in [0.29, 0.717) is 11.8 Å². The highest BCUT2D eigenvalue weighted by atomic mass is 16.5. The van der Waals surface area contributed by atoms with E-state index < -0.39 is 0 Å². The molecule has 3 heteroatoms. The molecule has 3 nitrogen and oxygen atoms in total. The van der Waals surface area contributed by atoms with Gasteiger partial charge in [0, 0.05) is 31.3 Å². The number of rotatable bonds is 0. The molecule has 2 saturated heterocycles. The molecule has 6 bridgehead atoms. The molecule has 2 unspecified atom stereocenters. The van der Waals surface area contributed by atoms with E-state index in [2.05, 4.69) is 53.5 Å². The van der Waals surface area contributed by atoms with Crippen molar-refractivity contribution in [3.8, 4) is 0 Å². The second-order valence-electron chi connectivity index (χ2n) is 12.1. The van der Waals surface area contributed by atoms with Crippen LogP contribution in [0.15, 0.2) is 48.6 Å². The summed E-state index contributed by atoms with van der Waals surface area (Å²) < 4.78 is 0.0930. The quantitative estimate of drug-likeness (QED) is 0.261. The molecular weight excluding hydrogens is 428 g/mol. The minimum absolute atomic E-state index is 0.0930. The fourth-order valence-corrected chi connectivity index (χ4v) is 7.50. The molecule has 0 spiro atoms. The Balaban J connectivity index is 1.53. The molecule has 35 heavy (non-hydrogen) atoms. The highest BCUT2D eigenvalue weighted by molar-refractivity contribution is 5.03. The third-order valence-corrected chi connectivity index (χ3v) is 9.27. The molecule has 5 aliphatic rings. The Labute approximate surface area is 216 Å². The Kier molecular flexibility index (Phi) is 11.2. The van der Waals surface area contributed by atoms with Gasteiger partial charge in [-0.15, -0.1) is 0 Å². The van der Waals surface area contributed by atoms with E-state index in [1.807, 2.05) is 0 Å². The van der Waals surface area contributed by atoms with Crippen molar-refractivity contribution in [3.63, 3.8) is 0 Å². The van der Waals surface area contributed by atoms with Gasteiger partial charge in [0.15, 0.2) is 0 Å². The smallest absolute Gasteiger partial charge is 0.0815 e. The van der Waals surface area contributed by atoms with Gasteiger partial charge < -0.3 is 14.8 Å². The number of piperidine rings is 2. The van der Waals surface area contributed by atoms with Gasteiger partial charge in [-0.05, 0) is 82.6 Å². The molecule has 196 valence electrons. The van der Waals surface area contributed by atoms with Crippen molar-refractivity contribution in [1.29, 1.82) is 0 Å². The van der Waals surface area contributed by atoms with Gasteiger partial charge in [-0.3, -0.25) is 0 Å². The zero-order valence-electron chi connectivity index (χ0n) is 22.4. The van der Waals surface area contributed by atoms with Crippen molar-refractivity contribution in [2.45, 2.75) is 89.9 Å². The third-order valence-electron chi connectivity index (χ3n) is 9.27. The summed E-state index contributed by atoms with van der Waals surface area (Å²) in [6.07, 6.45) is 35.7. The zero-order valence-corrected chi connectivity index (χ0v) is 22.4. The van der Waals surface area contributed by atoms with Crippen molar-refractivity contribution in [1.82, 2.24) is 4.90 Å². The molecule has 0 N–H and O–H groups in total. The first-order chi connectivity index (χ1) is 17.2. The van der Waals surface area contributed by atoms with Crippen LogP contribution in [0, 0.1) is 28.9 Å². The second kappa shape index (κ2) is 14.5. The van der Waals surface area contributed by atoms with Crippen LogP contribution in [-0.2, 0) is 0 Å². The Morgan fingerprint density at radius 1 is 0.629 bits per heavy atom. The fraction of sp³-hybridized carbons (Fsp3) is 0.750. The van der Waals surface area contributed by atoms with Crippen LogP contribution in [0.25, 0.3) is 0 Å². The maximum Gasteiger partial charge on any atom is 0.0815 e. The lowest BCUT2D eigenvalue weighted by molar-refractivity contribution is -0.894. The van der Waals surface area contributed by atoms with Crippen molar-refractivity contribution in [2.24, 2.45) is 23.7 Å². The zero-order chi connectivity index (χ0) is 24.2. The summed E-state index contributed by atoms with van der Waals surface area (Å²) in [5, 5.41) is 14.2. The van der Waals surface area contributed by atoms with Crippen LogP contribution in [0.2, 0.25) is 0 Å². The fourth-order valence-electron chi connectivity index (χ4n) is 7.50. The molecule has 5 heterocycles. The van der Waals surface area contributed by atoms with E-state index >= 15 is 0 Å². The summed E-state index contributed by atoms with van der Waals surface area (Å²) >= 11 is 0. The lowest BCUT2D eigenvalue weighted by atomic mass is 9.69. The molecule has 5 rings (SSSR count). The highest BCUT2D eigenvalue weighted by Crippen LogP contribution is 2.42. The van der Waals surface area contributed by atoms with Gasteiger partial charge in [-0.25, -0.2) is 0 Å². The van der Waals surface area contributed by atoms with Crippen molar-refractivity contribution in [2.75, 3.05) is 39.3 Å². The van der Waals surface area contributed by atoms with E-state index in [0.717, 1.165) is 50.7 Å². The average molecular weight is 481 g/mol. The normalized spacial score (nSPS) is 42.0. The Morgan fingerprint density at radius 3 is 2.11 bits per heavy atom. The number of quaternary nitrogens is 1. The standard InChI is InChI=1S/C32H52N2O/c35-34-24-18-14-10-6-2-1-3-8-12-16-20-30-26-33-22-17-13-9-5-4-7-11-15-19-29(27-34)25-31(28-34)32(30)21-23-33/h1-2,4-6,9-10,13,29-32H,3,7-8,11-12,14-28H2/b2-1-,5-4-,10-6-,13-9-/t29-,30+,31+,32-,34?/m0/s1. The van der Waals surface area contributed by atoms with E-state index in [1.54, 1.807) is 0 Å². The summed E-state index contributed by atoms with van der Waals surface area (Å²) in [5.74, 6) is 2.82. The number of hydrogen-bond donors (Lipinski definition) is 0. The van der Waals surface area contributed by atoms with Crippen molar-refractivity contribution < 1.29 is 4.65 Å². The average Bonchev–Trinajstić information content (AvgIpc) is 2.85. The summed E-state index contributed by atoms with van der Waals surface area (Å²) in [6.45, 7) is 6.28. The molecule has 0 aromatic heterocycles. The molecule has 0 saturated carbocycles. The lowest BCUT2D eigenvalue weighted by Gasteiger charge is -2.54. The molecule has 0 amide bonds. The molecule has 0 aromatic carbocycles. The van der Waals surface area contributed by atoms with Crippen LogP contribution < -0.4 is 0 Å². The summed E-state index contributed by atoms with van der Waals surface area (Å²) in [6, 6.07) is 0. The largest absolute Gasteiger partial charge is 0.633 e. The van der Waals surface area contributed by atoms with Gasteiger partial charge in [0.25, 0.3) is 0 Å². The number of allylic oxidation sites excluding steroid dienone is 7. The second-order valence-corrected chi connectivity index (χ2v) is 12.1. The van der Waals surface area contributed by atoms with Gasteiger partial charge >= 0.3 is 0 Å². The minimum atomic E-state index is 0.0930. The number of nitrogens with zero attached hydrogens (tertiary/aromatic N) is 2. The topological polar surface area (TPSA) is 26.3 Å². The maximum absolute atomic E-state index is 14.2. The summed E-state index contributed by atoms with van der Waals surface area (Å²) in [7, 11) is 0. The van der Waals surface area contributed by atoms with Crippen molar-refractivity contribution >= 4 is 0 Å². The van der Waals surface area contributed by atoms with Crippen LogP contribution in [0.4, 0.5) is 0 Å². The Hall–Kier alpha value is -1.16. The third kappa shape index (κ3) is 9.02. The van der Waals surface area contributed by atoms with Crippen LogP contribution in [0.3, 0.4) is 0 Å². The van der Waals surface area contributed by atoms with Gasteiger partial charge in [-0.2, -0.15) is 0 Å². The Bertz CT molecular complexity index is 725. The number of hydroxylamine groups is 3. The highest BCUT2D eigenvalue weighted by Gasteiger charge is 2.42. The van der Waals surface area contributed by atoms with Gasteiger partial charge in [0.1, 0.15) is 0 Å². The molecule has 0 aromatic rings. The van der Waals surface area contributed by atoms with E-state index in [4.69, 9.17) is 0 Å². The number of hydrogen-bond acceptors (Lipinski definition) is 2. The first kappa shape index (κ1) is 26.9. The number of fused-ring (bicyclic) bond motifs is 9. The monoisotopic (exact) mass is 480 g/mol. The predicted molar refractivity (Wildman–Crippen MR) is 150 cm³/mol. The van der Waals surface area contributed by atoms with E-state index in [-0.39, 0.29) is 4.65 Å². The summed E-state index contributed by atoms with van der Waals surface area (Å²) in [5.41, 5.74) is 0. The van der Waals surface area contributed by atoms with Gasteiger partial charge in [-0.1, -0.05) is 67.9 Å². The molecule has 0 aliphatic carbocycles. The van der Waals surface area contributed by atoms with E-state index in [1.165, 1.54) is 90.3 Å². The predicted octanol–water partition coefficient (Wildman–Crippen LogP) is 7.81. The molecular formula is C32H52N2O. The SMILES string of the molecule is [O-][N+]12CCC/C=C\C=C/CCCCC[C@@H]3CN4CC/C=C\C=C/CCCC[C@@H](C[C@H](C1)[C@H]3CC4)C2. The lowest BCUT2D eigenvalue weighted by Crippen LogP contribution is -2.56. The molecule has 0 radical (unpaired) electrons. The van der Waals surface area contributed by atoms with Crippen LogP contribution in [-0.4, -0.2) is 48.8 Å². The molecule has 6 atom stereocenters. The van der Waals surface area contributed by atoms with Gasteiger partial charge in [0.05, 0.1) is 19.6 Å². The molecule has 2 fully saturated rings. The van der Waals surface area contributed by atoms with Crippen LogP contribution in [0.5, 0.6) is 0 Å². The minimum Gasteiger partial charge on any atom is -0.633 e. The maximum atomic E-state index is 14.2. The van der Waals surface area contributed by atoms with Gasteiger partial charge in [0.2, 0.25) is 0 Å². The first-order valence-electron chi connectivity index (χ1n) is 15.1. The van der Waals surface area contributed by atoms with Crippen LogP contribution >= 0.6 is 0 Å². The first-order valence-corrected chi connectivity index (χ1v) is 15.1. The van der Waals surface area contributed by atoms with E-state index in [9.17, 15) is 5.21 Å². The summed E-state index contributed by atoms with van der Waals surface area (Å²) in [4.78, 5) is 2.74.